The molecule has 3 aromatic rings. The van der Waals surface area contributed by atoms with E-state index >= 15 is 0 Å². The maximum absolute atomic E-state index is 12.5. The Labute approximate surface area is 189 Å². The third-order valence-corrected chi connectivity index (χ3v) is 4.93. The van der Waals surface area contributed by atoms with Crippen molar-refractivity contribution in [3.8, 4) is 0 Å². The minimum absolute atomic E-state index is 0.138. The molecule has 0 spiro atoms. The first-order chi connectivity index (χ1) is 15.3. The number of nitro benzene ring substituents is 1. The molecule has 0 saturated heterocycles. The molecule has 2 N–H and O–H groups in total. The number of nitrogens with one attached hydrogen (secondary N) is 2. The standard InChI is InChI=1S/C23H19ClN4O4/c1-14-20(10-5-11-21(14)28(31)32)23(30)27-26-15(2)16-6-4-9-19(13-16)25-22(29)17-7-3-8-18(24)12-17/h3-13H,1-2H3,(H,25,29)(H,27,30)/b26-15-. The number of carbonyl (C=O) groups is 2. The van der Waals surface area contributed by atoms with E-state index in [0.29, 0.717) is 27.5 Å². The molecule has 0 aliphatic heterocycles. The number of carbonyl (C=O) groups excluding carboxylic acids is 2. The molecule has 0 radical (unpaired) electrons. The van der Waals surface area contributed by atoms with Gasteiger partial charge in [0.1, 0.15) is 0 Å². The van der Waals surface area contributed by atoms with Crippen molar-refractivity contribution in [3.63, 3.8) is 0 Å². The van der Waals surface area contributed by atoms with Gasteiger partial charge in [0.05, 0.1) is 16.2 Å². The SMILES string of the molecule is C/C(=N/NC(=O)c1cccc([N+](=O)[O-])c1C)c1cccc(NC(=O)c2cccc(Cl)c2)c1. The van der Waals surface area contributed by atoms with Crippen molar-refractivity contribution in [2.45, 2.75) is 13.8 Å². The lowest BCUT2D eigenvalue weighted by Gasteiger charge is -2.09. The number of hydrazone groups is 1. The van der Waals surface area contributed by atoms with E-state index in [9.17, 15) is 19.7 Å². The van der Waals surface area contributed by atoms with Crippen LogP contribution < -0.4 is 10.7 Å². The van der Waals surface area contributed by atoms with Crippen molar-refractivity contribution >= 4 is 40.5 Å². The van der Waals surface area contributed by atoms with Crippen LogP contribution in [0.3, 0.4) is 0 Å². The van der Waals surface area contributed by atoms with Gasteiger partial charge in [0.25, 0.3) is 17.5 Å². The number of nitrogens with zero attached hydrogens (tertiary/aromatic N) is 2. The van der Waals surface area contributed by atoms with E-state index in [4.69, 9.17) is 11.6 Å². The van der Waals surface area contributed by atoms with Crippen LogP contribution in [0.5, 0.6) is 0 Å². The molecule has 0 aromatic heterocycles. The van der Waals surface area contributed by atoms with Crippen molar-refractivity contribution in [2.24, 2.45) is 5.10 Å². The molecule has 32 heavy (non-hydrogen) atoms. The monoisotopic (exact) mass is 450 g/mol. The first-order valence-corrected chi connectivity index (χ1v) is 9.90. The van der Waals surface area contributed by atoms with Crippen molar-refractivity contribution < 1.29 is 14.5 Å². The summed E-state index contributed by atoms with van der Waals surface area (Å²) in [7, 11) is 0. The topological polar surface area (TPSA) is 114 Å². The maximum Gasteiger partial charge on any atom is 0.273 e. The van der Waals surface area contributed by atoms with Crippen molar-refractivity contribution in [2.75, 3.05) is 5.32 Å². The molecule has 0 aliphatic carbocycles. The molecular weight excluding hydrogens is 432 g/mol. The maximum atomic E-state index is 12.5. The van der Waals surface area contributed by atoms with Gasteiger partial charge in [-0.3, -0.25) is 19.7 Å². The lowest BCUT2D eigenvalue weighted by atomic mass is 10.1. The number of halogens is 1. The Morgan fingerprint density at radius 3 is 2.38 bits per heavy atom. The van der Waals surface area contributed by atoms with Crippen LogP contribution in [0, 0.1) is 17.0 Å². The van der Waals surface area contributed by atoms with Crippen LogP contribution in [0.1, 0.15) is 38.8 Å². The molecule has 162 valence electrons. The third kappa shape index (κ3) is 5.35. The lowest BCUT2D eigenvalue weighted by molar-refractivity contribution is -0.385. The van der Waals surface area contributed by atoms with Crippen LogP contribution in [0.2, 0.25) is 5.02 Å². The zero-order valence-electron chi connectivity index (χ0n) is 17.3. The Hall–Kier alpha value is -4.04. The molecular formula is C23H19ClN4O4. The van der Waals surface area contributed by atoms with Crippen molar-refractivity contribution in [3.05, 3.63) is 104 Å². The largest absolute Gasteiger partial charge is 0.322 e. The second-order valence-corrected chi connectivity index (χ2v) is 7.33. The van der Waals surface area contributed by atoms with Gasteiger partial charge < -0.3 is 5.32 Å². The number of hydrogen-bond donors (Lipinski definition) is 2. The zero-order valence-corrected chi connectivity index (χ0v) is 18.0. The Morgan fingerprint density at radius 1 is 0.969 bits per heavy atom. The molecule has 9 heteroatoms. The molecule has 3 aromatic carbocycles. The van der Waals surface area contributed by atoms with Crippen LogP contribution in [-0.2, 0) is 0 Å². The van der Waals surface area contributed by atoms with Gasteiger partial charge in [0.2, 0.25) is 0 Å². The van der Waals surface area contributed by atoms with E-state index in [1.54, 1.807) is 55.5 Å². The van der Waals surface area contributed by atoms with Gasteiger partial charge in [-0.2, -0.15) is 5.10 Å². The fourth-order valence-corrected chi connectivity index (χ4v) is 3.17. The van der Waals surface area contributed by atoms with Crippen LogP contribution >= 0.6 is 11.6 Å². The molecule has 0 bridgehead atoms. The van der Waals surface area contributed by atoms with E-state index in [2.05, 4.69) is 15.8 Å². The molecule has 0 saturated carbocycles. The molecule has 0 fully saturated rings. The number of amides is 2. The van der Waals surface area contributed by atoms with Gasteiger partial charge >= 0.3 is 0 Å². The predicted octanol–water partition coefficient (Wildman–Crippen LogP) is 4.96. The van der Waals surface area contributed by atoms with Gasteiger partial charge in [-0.1, -0.05) is 35.9 Å². The quantitative estimate of drug-likeness (QED) is 0.313. The van der Waals surface area contributed by atoms with Crippen molar-refractivity contribution in [1.82, 2.24) is 5.43 Å². The number of hydrogen-bond acceptors (Lipinski definition) is 5. The van der Waals surface area contributed by atoms with E-state index < -0.39 is 10.8 Å². The van der Waals surface area contributed by atoms with Gasteiger partial charge in [-0.15, -0.1) is 0 Å². The Balaban J connectivity index is 1.73. The molecule has 2 amide bonds. The first-order valence-electron chi connectivity index (χ1n) is 9.52. The Bertz CT molecular complexity index is 1240. The van der Waals surface area contributed by atoms with Gasteiger partial charge in [-0.05, 0) is 55.8 Å². The highest BCUT2D eigenvalue weighted by Gasteiger charge is 2.17. The van der Waals surface area contributed by atoms with Crippen LogP contribution in [0.4, 0.5) is 11.4 Å². The lowest BCUT2D eigenvalue weighted by Crippen LogP contribution is -2.20. The molecule has 8 nitrogen and oxygen atoms in total. The summed E-state index contributed by atoms with van der Waals surface area (Å²) in [6.07, 6.45) is 0. The Kier molecular flexibility index (Phi) is 6.97. The summed E-state index contributed by atoms with van der Waals surface area (Å²) in [5.74, 6) is -0.871. The zero-order chi connectivity index (χ0) is 23.3. The molecule has 0 unspecified atom stereocenters. The third-order valence-electron chi connectivity index (χ3n) is 4.70. The van der Waals surface area contributed by atoms with Gasteiger partial charge in [0, 0.05) is 27.9 Å². The fourth-order valence-electron chi connectivity index (χ4n) is 2.98. The van der Waals surface area contributed by atoms with E-state index in [1.807, 2.05) is 0 Å². The molecule has 0 aliphatic rings. The van der Waals surface area contributed by atoms with Crippen molar-refractivity contribution in [1.29, 1.82) is 0 Å². The number of benzene rings is 3. The summed E-state index contributed by atoms with van der Waals surface area (Å²) in [5, 5.41) is 18.4. The average Bonchev–Trinajstić information content (AvgIpc) is 2.77. The van der Waals surface area contributed by atoms with Crippen LogP contribution in [0.15, 0.2) is 71.8 Å². The number of anilines is 1. The highest BCUT2D eigenvalue weighted by atomic mass is 35.5. The predicted molar refractivity (Wildman–Crippen MR) is 123 cm³/mol. The van der Waals surface area contributed by atoms with E-state index in [-0.39, 0.29) is 22.7 Å². The van der Waals surface area contributed by atoms with Crippen LogP contribution in [-0.4, -0.2) is 22.4 Å². The summed E-state index contributed by atoms with van der Waals surface area (Å²) < 4.78 is 0. The molecule has 0 atom stereocenters. The van der Waals surface area contributed by atoms with Gasteiger partial charge in [-0.25, -0.2) is 5.43 Å². The van der Waals surface area contributed by atoms with Gasteiger partial charge in [0.15, 0.2) is 0 Å². The highest BCUT2D eigenvalue weighted by Crippen LogP contribution is 2.21. The average molecular weight is 451 g/mol. The van der Waals surface area contributed by atoms with Crippen LogP contribution in [0.25, 0.3) is 0 Å². The Morgan fingerprint density at radius 2 is 1.66 bits per heavy atom. The summed E-state index contributed by atoms with van der Waals surface area (Å²) in [4.78, 5) is 35.4. The number of rotatable bonds is 6. The minimum atomic E-state index is -0.559. The number of nitro groups is 1. The summed E-state index contributed by atoms with van der Waals surface area (Å²) >= 11 is 5.93. The second kappa shape index (κ2) is 9.84. The summed E-state index contributed by atoms with van der Waals surface area (Å²) in [6, 6.07) is 17.8. The molecule has 0 heterocycles. The summed E-state index contributed by atoms with van der Waals surface area (Å²) in [5.41, 5.74) is 4.83. The van der Waals surface area contributed by atoms with E-state index in [0.717, 1.165) is 0 Å². The smallest absolute Gasteiger partial charge is 0.273 e. The fraction of sp³-hybridized carbons (Fsp3) is 0.0870. The summed E-state index contributed by atoms with van der Waals surface area (Å²) in [6.45, 7) is 3.20. The normalized spacial score (nSPS) is 11.0. The first kappa shape index (κ1) is 22.6. The molecule has 3 rings (SSSR count). The van der Waals surface area contributed by atoms with E-state index in [1.165, 1.54) is 25.1 Å². The highest BCUT2D eigenvalue weighted by molar-refractivity contribution is 6.31. The minimum Gasteiger partial charge on any atom is -0.322 e. The second-order valence-electron chi connectivity index (χ2n) is 6.89.